The molecule has 0 bridgehead atoms. The second-order valence-corrected chi connectivity index (χ2v) is 4.08. The van der Waals surface area contributed by atoms with E-state index in [2.05, 4.69) is 4.98 Å². The maximum Gasteiger partial charge on any atom is 0.173 e. The fourth-order valence-electron chi connectivity index (χ4n) is 1.88. The number of halogens is 1. The summed E-state index contributed by atoms with van der Waals surface area (Å²) < 4.78 is 20.5. The van der Waals surface area contributed by atoms with Gasteiger partial charge in [0, 0.05) is 25.0 Å². The number of carbonyl (C=O) groups is 1. The number of rotatable bonds is 5. The van der Waals surface area contributed by atoms with E-state index in [1.807, 2.05) is 11.5 Å². The van der Waals surface area contributed by atoms with Crippen molar-refractivity contribution in [3.05, 3.63) is 47.8 Å². The highest BCUT2D eigenvalue weighted by atomic mass is 19.1. The normalized spacial score (nSPS) is 10.5. The molecule has 100 valence electrons. The first-order valence-electron chi connectivity index (χ1n) is 6.02. The van der Waals surface area contributed by atoms with Gasteiger partial charge in [0.1, 0.15) is 17.4 Å². The Morgan fingerprint density at radius 3 is 2.89 bits per heavy atom. The molecule has 0 spiro atoms. The minimum atomic E-state index is -0.570. The maximum absolute atomic E-state index is 13.8. The fraction of sp³-hybridized carbons (Fsp3) is 0.286. The van der Waals surface area contributed by atoms with Gasteiger partial charge in [0.25, 0.3) is 0 Å². The number of ketones is 1. The summed E-state index contributed by atoms with van der Waals surface area (Å²) in [5, 5.41) is 0. The summed E-state index contributed by atoms with van der Waals surface area (Å²) in [6.07, 6.45) is 3.52. The van der Waals surface area contributed by atoms with Gasteiger partial charge in [-0.05, 0) is 19.1 Å². The highest BCUT2D eigenvalue weighted by molar-refractivity contribution is 5.97. The Morgan fingerprint density at radius 1 is 1.47 bits per heavy atom. The van der Waals surface area contributed by atoms with Gasteiger partial charge in [-0.25, -0.2) is 9.37 Å². The molecule has 0 saturated carbocycles. The first-order chi connectivity index (χ1) is 9.15. The summed E-state index contributed by atoms with van der Waals surface area (Å²) in [6.45, 7) is 2.69. The van der Waals surface area contributed by atoms with Crippen molar-refractivity contribution in [2.75, 3.05) is 7.11 Å². The minimum Gasteiger partial charge on any atom is -0.497 e. The molecule has 19 heavy (non-hydrogen) atoms. The van der Waals surface area contributed by atoms with Crippen LogP contribution < -0.4 is 4.74 Å². The first kappa shape index (κ1) is 13.3. The van der Waals surface area contributed by atoms with Gasteiger partial charge < -0.3 is 9.30 Å². The second kappa shape index (κ2) is 5.65. The van der Waals surface area contributed by atoms with Crippen LogP contribution in [0.25, 0.3) is 0 Å². The van der Waals surface area contributed by atoms with Crippen LogP contribution in [0.4, 0.5) is 4.39 Å². The van der Waals surface area contributed by atoms with E-state index < -0.39 is 5.82 Å². The van der Waals surface area contributed by atoms with Crippen molar-refractivity contribution in [3.8, 4) is 5.75 Å². The summed E-state index contributed by atoms with van der Waals surface area (Å²) in [5.41, 5.74) is 0.0615. The lowest BCUT2D eigenvalue weighted by molar-refractivity contribution is 0.0986. The van der Waals surface area contributed by atoms with Crippen LogP contribution in [0, 0.1) is 5.82 Å². The number of imidazole rings is 1. The van der Waals surface area contributed by atoms with E-state index in [1.54, 1.807) is 18.5 Å². The number of nitrogens with zero attached hydrogens (tertiary/aromatic N) is 2. The molecule has 2 aromatic rings. The van der Waals surface area contributed by atoms with Gasteiger partial charge in [0.15, 0.2) is 5.78 Å². The quantitative estimate of drug-likeness (QED) is 0.777. The van der Waals surface area contributed by atoms with Gasteiger partial charge in [-0.15, -0.1) is 0 Å². The summed E-state index contributed by atoms with van der Waals surface area (Å²) in [5.74, 6) is 0.173. The van der Waals surface area contributed by atoms with Gasteiger partial charge in [-0.2, -0.15) is 0 Å². The third-order valence-corrected chi connectivity index (χ3v) is 2.94. The van der Waals surface area contributed by atoms with Gasteiger partial charge >= 0.3 is 0 Å². The molecular formula is C14H15FN2O2. The second-order valence-electron chi connectivity index (χ2n) is 4.08. The molecule has 0 aliphatic carbocycles. The van der Waals surface area contributed by atoms with E-state index in [0.717, 1.165) is 6.54 Å². The molecular weight excluding hydrogens is 247 g/mol. The van der Waals surface area contributed by atoms with Gasteiger partial charge in [-0.3, -0.25) is 4.79 Å². The van der Waals surface area contributed by atoms with Crippen LogP contribution in [0.5, 0.6) is 5.75 Å². The third-order valence-electron chi connectivity index (χ3n) is 2.94. The SMILES string of the molecule is CCn1ccnc1CC(=O)c1ccc(OC)cc1F. The van der Waals surface area contributed by atoms with E-state index in [0.29, 0.717) is 11.6 Å². The van der Waals surface area contributed by atoms with Gasteiger partial charge in [0.2, 0.25) is 0 Å². The molecule has 1 heterocycles. The lowest BCUT2D eigenvalue weighted by atomic mass is 10.1. The highest BCUT2D eigenvalue weighted by Crippen LogP contribution is 2.17. The molecule has 0 aliphatic rings. The zero-order chi connectivity index (χ0) is 13.8. The Labute approximate surface area is 110 Å². The summed E-state index contributed by atoms with van der Waals surface area (Å²) in [6, 6.07) is 4.22. The maximum atomic E-state index is 13.8. The third kappa shape index (κ3) is 2.81. The molecule has 1 aromatic heterocycles. The van der Waals surface area contributed by atoms with E-state index in [-0.39, 0.29) is 17.8 Å². The number of aromatic nitrogens is 2. The molecule has 5 heteroatoms. The summed E-state index contributed by atoms with van der Waals surface area (Å²) >= 11 is 0. The standard InChI is InChI=1S/C14H15FN2O2/c1-3-17-7-6-16-14(17)9-13(18)11-5-4-10(19-2)8-12(11)15/h4-8H,3,9H2,1-2H3. The van der Waals surface area contributed by atoms with Crippen LogP contribution >= 0.6 is 0 Å². The lowest BCUT2D eigenvalue weighted by Crippen LogP contribution is -2.11. The smallest absolute Gasteiger partial charge is 0.173 e. The Morgan fingerprint density at radius 2 is 2.26 bits per heavy atom. The average molecular weight is 262 g/mol. The average Bonchev–Trinajstić information content (AvgIpc) is 2.85. The largest absolute Gasteiger partial charge is 0.497 e. The number of hydrogen-bond donors (Lipinski definition) is 0. The Balaban J connectivity index is 2.21. The van der Waals surface area contributed by atoms with Crippen molar-refractivity contribution in [3.63, 3.8) is 0 Å². The van der Waals surface area contributed by atoms with Crippen molar-refractivity contribution in [2.45, 2.75) is 19.9 Å². The topological polar surface area (TPSA) is 44.1 Å². The van der Waals surface area contributed by atoms with E-state index >= 15 is 0 Å². The molecule has 4 nitrogen and oxygen atoms in total. The molecule has 0 amide bonds. The van der Waals surface area contributed by atoms with E-state index in [1.165, 1.54) is 19.2 Å². The Hall–Kier alpha value is -2.17. The summed E-state index contributed by atoms with van der Waals surface area (Å²) in [4.78, 5) is 16.2. The molecule has 0 saturated heterocycles. The van der Waals surface area contributed by atoms with Crippen molar-refractivity contribution in [2.24, 2.45) is 0 Å². The number of methoxy groups -OCH3 is 1. The predicted octanol–water partition coefficient (Wildman–Crippen LogP) is 2.48. The van der Waals surface area contributed by atoms with Crippen molar-refractivity contribution < 1.29 is 13.9 Å². The molecule has 0 fully saturated rings. The van der Waals surface area contributed by atoms with Crippen LogP contribution in [-0.2, 0) is 13.0 Å². The van der Waals surface area contributed by atoms with Crippen molar-refractivity contribution >= 4 is 5.78 Å². The number of Topliss-reactive ketones (excluding diaryl/α,β-unsaturated/α-hetero) is 1. The Kier molecular flexibility index (Phi) is 3.94. The monoisotopic (exact) mass is 262 g/mol. The number of aryl methyl sites for hydroxylation is 1. The Bertz CT molecular complexity index is 593. The van der Waals surface area contributed by atoms with Crippen LogP contribution in [0.2, 0.25) is 0 Å². The van der Waals surface area contributed by atoms with Gasteiger partial charge in [-0.1, -0.05) is 0 Å². The highest BCUT2D eigenvalue weighted by Gasteiger charge is 2.15. The first-order valence-corrected chi connectivity index (χ1v) is 6.02. The van der Waals surface area contributed by atoms with Crippen LogP contribution in [0.1, 0.15) is 23.1 Å². The molecule has 0 aliphatic heterocycles. The number of benzene rings is 1. The van der Waals surface area contributed by atoms with Crippen LogP contribution in [0.15, 0.2) is 30.6 Å². The zero-order valence-electron chi connectivity index (χ0n) is 10.9. The number of ether oxygens (including phenoxy) is 1. The fourth-order valence-corrected chi connectivity index (χ4v) is 1.88. The van der Waals surface area contributed by atoms with Crippen LogP contribution in [-0.4, -0.2) is 22.4 Å². The van der Waals surface area contributed by atoms with Crippen LogP contribution in [0.3, 0.4) is 0 Å². The molecule has 0 unspecified atom stereocenters. The van der Waals surface area contributed by atoms with E-state index in [9.17, 15) is 9.18 Å². The zero-order valence-corrected chi connectivity index (χ0v) is 10.9. The number of hydrogen-bond acceptors (Lipinski definition) is 3. The predicted molar refractivity (Wildman–Crippen MR) is 68.9 cm³/mol. The molecule has 0 atom stereocenters. The minimum absolute atomic E-state index is 0.0615. The van der Waals surface area contributed by atoms with E-state index in [4.69, 9.17) is 4.74 Å². The van der Waals surface area contributed by atoms with Gasteiger partial charge in [0.05, 0.1) is 19.1 Å². The summed E-state index contributed by atoms with van der Waals surface area (Å²) in [7, 11) is 1.45. The molecule has 0 N–H and O–H groups in total. The lowest BCUT2D eigenvalue weighted by Gasteiger charge is -2.06. The van der Waals surface area contributed by atoms with Crippen molar-refractivity contribution in [1.82, 2.24) is 9.55 Å². The number of carbonyl (C=O) groups excluding carboxylic acids is 1. The molecule has 2 rings (SSSR count). The molecule has 0 radical (unpaired) electrons. The molecule has 1 aromatic carbocycles. The van der Waals surface area contributed by atoms with Crippen molar-refractivity contribution in [1.29, 1.82) is 0 Å².